The Bertz CT molecular complexity index is 540. The molecule has 0 radical (unpaired) electrons. The van der Waals surface area contributed by atoms with E-state index >= 15 is 0 Å². The van der Waals surface area contributed by atoms with Gasteiger partial charge in [-0.2, -0.15) is 0 Å². The van der Waals surface area contributed by atoms with Gasteiger partial charge in [0.1, 0.15) is 5.69 Å². The lowest BCUT2D eigenvalue weighted by Crippen LogP contribution is -2.36. The smallest absolute Gasteiger partial charge is 0.354 e. The molecule has 1 unspecified atom stereocenters. The molecule has 21 heavy (non-hydrogen) atoms. The van der Waals surface area contributed by atoms with E-state index in [0.29, 0.717) is 23.8 Å². The van der Waals surface area contributed by atoms with E-state index in [-0.39, 0.29) is 11.7 Å². The molecule has 0 spiro atoms. The van der Waals surface area contributed by atoms with E-state index in [9.17, 15) is 9.59 Å². The van der Waals surface area contributed by atoms with Gasteiger partial charge in [0.05, 0.1) is 5.69 Å². The molecule has 3 N–H and O–H groups in total. The number of carboxylic acid groups (broad SMARTS) is 1. The number of carboxylic acids is 1. The van der Waals surface area contributed by atoms with Crippen molar-refractivity contribution in [1.82, 2.24) is 14.8 Å². The molecule has 1 atom stereocenters. The summed E-state index contributed by atoms with van der Waals surface area (Å²) in [4.78, 5) is 29.8. The number of likely N-dealkylation sites (tertiary alicyclic amines) is 1. The Morgan fingerprint density at radius 3 is 2.86 bits per heavy atom. The Morgan fingerprint density at radius 1 is 1.57 bits per heavy atom. The Morgan fingerprint density at radius 2 is 2.29 bits per heavy atom. The zero-order chi connectivity index (χ0) is 15.6. The van der Waals surface area contributed by atoms with Crippen LogP contribution in [-0.4, -0.2) is 65.6 Å². The second kappa shape index (κ2) is 6.17. The Hall–Kier alpha value is -2.02. The molecule has 0 aromatic carbocycles. The van der Waals surface area contributed by atoms with Crippen LogP contribution in [0.15, 0.2) is 6.07 Å². The molecule has 1 aromatic rings. The number of anilines is 1. The van der Waals surface area contributed by atoms with Crippen LogP contribution in [0.1, 0.15) is 22.6 Å². The second-order valence-electron chi connectivity index (χ2n) is 5.77. The van der Waals surface area contributed by atoms with Gasteiger partial charge in [-0.15, -0.1) is 0 Å². The standard InChI is InChI=1S/C14H22N4O3/c1-9-6-11(12(15-9)13(19)20)16-14(21)18(3)8-10-4-5-17(2)7-10/h6,10,15H,4-5,7-8H2,1-3H3,(H,16,21)(H,19,20). The SMILES string of the molecule is Cc1cc(NC(=O)N(C)CC2CCN(C)C2)c(C(=O)O)[nH]1. The van der Waals surface area contributed by atoms with Crippen molar-refractivity contribution < 1.29 is 14.7 Å². The number of aryl methyl sites for hydroxylation is 1. The van der Waals surface area contributed by atoms with E-state index in [0.717, 1.165) is 19.5 Å². The Balaban J connectivity index is 1.96. The molecule has 1 fully saturated rings. The topological polar surface area (TPSA) is 88.7 Å². The first-order valence-electron chi connectivity index (χ1n) is 7.00. The number of nitrogens with one attached hydrogen (secondary N) is 2. The number of hydrogen-bond donors (Lipinski definition) is 3. The summed E-state index contributed by atoms with van der Waals surface area (Å²) >= 11 is 0. The van der Waals surface area contributed by atoms with Crippen LogP contribution in [0.3, 0.4) is 0 Å². The number of carbonyl (C=O) groups excluding carboxylic acids is 1. The maximum Gasteiger partial charge on any atom is 0.354 e. The second-order valence-corrected chi connectivity index (χ2v) is 5.77. The highest BCUT2D eigenvalue weighted by Gasteiger charge is 2.23. The van der Waals surface area contributed by atoms with Gasteiger partial charge in [-0.05, 0) is 38.9 Å². The molecular weight excluding hydrogens is 272 g/mol. The number of nitrogens with zero attached hydrogens (tertiary/aromatic N) is 2. The van der Waals surface area contributed by atoms with Crippen LogP contribution in [0.4, 0.5) is 10.5 Å². The quantitative estimate of drug-likeness (QED) is 0.784. The van der Waals surface area contributed by atoms with Gasteiger partial charge in [-0.1, -0.05) is 0 Å². The first kappa shape index (κ1) is 15.4. The highest BCUT2D eigenvalue weighted by molar-refractivity contribution is 5.99. The molecule has 116 valence electrons. The van der Waals surface area contributed by atoms with Crippen LogP contribution < -0.4 is 5.32 Å². The Labute approximate surface area is 123 Å². The van der Waals surface area contributed by atoms with Gasteiger partial charge in [-0.3, -0.25) is 0 Å². The summed E-state index contributed by atoms with van der Waals surface area (Å²) < 4.78 is 0. The summed E-state index contributed by atoms with van der Waals surface area (Å²) in [6.45, 7) is 4.46. The zero-order valence-electron chi connectivity index (χ0n) is 12.6. The van der Waals surface area contributed by atoms with E-state index < -0.39 is 5.97 Å². The number of amides is 2. The third-order valence-corrected chi connectivity index (χ3v) is 3.78. The van der Waals surface area contributed by atoms with Crippen LogP contribution in [0, 0.1) is 12.8 Å². The largest absolute Gasteiger partial charge is 0.477 e. The Kier molecular flexibility index (Phi) is 4.52. The lowest BCUT2D eigenvalue weighted by atomic mass is 10.1. The minimum Gasteiger partial charge on any atom is -0.477 e. The summed E-state index contributed by atoms with van der Waals surface area (Å²) in [6.07, 6.45) is 1.08. The van der Waals surface area contributed by atoms with E-state index in [2.05, 4.69) is 22.2 Å². The molecular formula is C14H22N4O3. The van der Waals surface area contributed by atoms with Gasteiger partial charge < -0.3 is 25.2 Å². The lowest BCUT2D eigenvalue weighted by molar-refractivity contribution is 0.0692. The monoisotopic (exact) mass is 294 g/mol. The summed E-state index contributed by atoms with van der Waals surface area (Å²) in [6, 6.07) is 1.34. The first-order chi connectivity index (χ1) is 9.86. The fraction of sp³-hybridized carbons (Fsp3) is 0.571. The van der Waals surface area contributed by atoms with Crippen LogP contribution in [0.5, 0.6) is 0 Å². The van der Waals surface area contributed by atoms with E-state index in [4.69, 9.17) is 5.11 Å². The van der Waals surface area contributed by atoms with Gasteiger partial charge in [0.2, 0.25) is 0 Å². The van der Waals surface area contributed by atoms with Crippen molar-refractivity contribution in [2.24, 2.45) is 5.92 Å². The number of H-pyrrole nitrogens is 1. The molecule has 1 aromatic heterocycles. The zero-order valence-corrected chi connectivity index (χ0v) is 12.6. The number of hydrogen-bond acceptors (Lipinski definition) is 3. The average Bonchev–Trinajstić information content (AvgIpc) is 2.95. The summed E-state index contributed by atoms with van der Waals surface area (Å²) in [5.41, 5.74) is 1.01. The lowest BCUT2D eigenvalue weighted by Gasteiger charge is -2.21. The van der Waals surface area contributed by atoms with E-state index in [1.807, 2.05) is 0 Å². The number of aromatic nitrogens is 1. The molecule has 1 saturated heterocycles. The van der Waals surface area contributed by atoms with Crippen molar-refractivity contribution in [3.63, 3.8) is 0 Å². The maximum atomic E-state index is 12.2. The van der Waals surface area contributed by atoms with Gasteiger partial charge >= 0.3 is 12.0 Å². The fourth-order valence-corrected chi connectivity index (χ4v) is 2.71. The van der Waals surface area contributed by atoms with Gasteiger partial charge in [-0.25, -0.2) is 9.59 Å². The minimum absolute atomic E-state index is 0.00912. The third-order valence-electron chi connectivity index (χ3n) is 3.78. The molecule has 7 nitrogen and oxygen atoms in total. The van der Waals surface area contributed by atoms with E-state index in [1.165, 1.54) is 0 Å². The van der Waals surface area contributed by atoms with Crippen molar-refractivity contribution in [3.05, 3.63) is 17.5 Å². The average molecular weight is 294 g/mol. The third kappa shape index (κ3) is 3.75. The van der Waals surface area contributed by atoms with Crippen molar-refractivity contribution in [3.8, 4) is 0 Å². The number of rotatable bonds is 4. The molecule has 0 saturated carbocycles. The van der Waals surface area contributed by atoms with Gasteiger partial charge in [0.25, 0.3) is 0 Å². The number of aromatic amines is 1. The van der Waals surface area contributed by atoms with Gasteiger partial charge in [0, 0.05) is 25.8 Å². The predicted molar refractivity (Wildman–Crippen MR) is 79.7 cm³/mol. The minimum atomic E-state index is -1.08. The van der Waals surface area contributed by atoms with E-state index in [1.54, 1.807) is 24.9 Å². The number of carbonyl (C=O) groups is 2. The molecule has 2 heterocycles. The van der Waals surface area contributed by atoms with Crippen LogP contribution >= 0.6 is 0 Å². The number of urea groups is 1. The van der Waals surface area contributed by atoms with Crippen LogP contribution in [-0.2, 0) is 0 Å². The van der Waals surface area contributed by atoms with Crippen molar-refractivity contribution >= 4 is 17.7 Å². The molecule has 2 amide bonds. The fourth-order valence-electron chi connectivity index (χ4n) is 2.71. The first-order valence-corrected chi connectivity index (χ1v) is 7.00. The van der Waals surface area contributed by atoms with Crippen molar-refractivity contribution in [2.75, 3.05) is 39.0 Å². The highest BCUT2D eigenvalue weighted by Crippen LogP contribution is 2.19. The molecule has 1 aliphatic heterocycles. The highest BCUT2D eigenvalue weighted by atomic mass is 16.4. The molecule has 1 aliphatic rings. The summed E-state index contributed by atoms with van der Waals surface area (Å²) in [5, 5.41) is 11.7. The van der Waals surface area contributed by atoms with Crippen molar-refractivity contribution in [1.29, 1.82) is 0 Å². The van der Waals surface area contributed by atoms with Crippen LogP contribution in [0.2, 0.25) is 0 Å². The van der Waals surface area contributed by atoms with Crippen molar-refractivity contribution in [2.45, 2.75) is 13.3 Å². The van der Waals surface area contributed by atoms with Crippen LogP contribution in [0.25, 0.3) is 0 Å². The molecule has 0 aliphatic carbocycles. The summed E-state index contributed by atoms with van der Waals surface area (Å²) in [7, 11) is 3.80. The summed E-state index contributed by atoms with van der Waals surface area (Å²) in [5.74, 6) is -0.615. The normalized spacial score (nSPS) is 18.7. The molecule has 0 bridgehead atoms. The van der Waals surface area contributed by atoms with Gasteiger partial charge in [0.15, 0.2) is 0 Å². The predicted octanol–water partition coefficient (Wildman–Crippen LogP) is 1.44. The molecule has 7 heteroatoms. The maximum absolute atomic E-state index is 12.2. The number of aromatic carboxylic acids is 1. The molecule has 2 rings (SSSR count).